The summed E-state index contributed by atoms with van der Waals surface area (Å²) >= 11 is 1.21. The van der Waals surface area contributed by atoms with Gasteiger partial charge in [-0.1, -0.05) is 6.07 Å². The highest BCUT2D eigenvalue weighted by atomic mass is 32.2. The number of hydrogen-bond acceptors (Lipinski definition) is 3. The van der Waals surface area contributed by atoms with Crippen LogP contribution in [0.5, 0.6) is 5.75 Å². The Hall–Kier alpha value is -1.14. The molecule has 0 atom stereocenters. The lowest BCUT2D eigenvalue weighted by Gasteiger charge is -2.00. The molecular formula is C9H7NOS. The van der Waals surface area contributed by atoms with E-state index < -0.39 is 0 Å². The number of thiocyanates is 1. The Kier molecular flexibility index (Phi) is 1.92. The van der Waals surface area contributed by atoms with Crippen LogP contribution in [0.3, 0.4) is 0 Å². The van der Waals surface area contributed by atoms with E-state index in [0.717, 1.165) is 23.7 Å². The van der Waals surface area contributed by atoms with Crippen molar-refractivity contribution < 1.29 is 4.74 Å². The molecule has 0 amide bonds. The SMILES string of the molecule is N#CSc1cccc2c1CCO2. The number of thioether (sulfide) groups is 1. The zero-order chi connectivity index (χ0) is 8.39. The predicted molar refractivity (Wildman–Crippen MR) is 47.1 cm³/mol. The molecule has 2 rings (SSSR count). The van der Waals surface area contributed by atoms with E-state index in [0.29, 0.717) is 0 Å². The third kappa shape index (κ3) is 1.15. The Morgan fingerprint density at radius 1 is 1.50 bits per heavy atom. The second-order valence-electron chi connectivity index (χ2n) is 2.52. The Balaban J connectivity index is 2.44. The van der Waals surface area contributed by atoms with Crippen LogP contribution in [-0.2, 0) is 6.42 Å². The van der Waals surface area contributed by atoms with Crippen LogP contribution in [0.1, 0.15) is 5.56 Å². The van der Waals surface area contributed by atoms with Gasteiger partial charge in [-0.25, -0.2) is 0 Å². The fourth-order valence-corrected chi connectivity index (χ4v) is 1.91. The van der Waals surface area contributed by atoms with Gasteiger partial charge in [0.2, 0.25) is 0 Å². The molecule has 0 radical (unpaired) electrons. The van der Waals surface area contributed by atoms with E-state index in [-0.39, 0.29) is 0 Å². The van der Waals surface area contributed by atoms with Gasteiger partial charge in [0.15, 0.2) is 0 Å². The first-order valence-electron chi connectivity index (χ1n) is 3.72. The molecule has 12 heavy (non-hydrogen) atoms. The Morgan fingerprint density at radius 3 is 3.25 bits per heavy atom. The summed E-state index contributed by atoms with van der Waals surface area (Å²) in [5.74, 6) is 0.940. The zero-order valence-corrected chi connectivity index (χ0v) is 7.23. The Labute approximate surface area is 75.1 Å². The molecule has 60 valence electrons. The van der Waals surface area contributed by atoms with Crippen LogP contribution < -0.4 is 4.74 Å². The molecule has 0 saturated heterocycles. The average Bonchev–Trinajstić information content (AvgIpc) is 2.53. The van der Waals surface area contributed by atoms with Crippen LogP contribution in [0.25, 0.3) is 0 Å². The maximum absolute atomic E-state index is 8.52. The van der Waals surface area contributed by atoms with Gasteiger partial charge in [0, 0.05) is 16.9 Å². The third-order valence-electron chi connectivity index (χ3n) is 1.86. The fraction of sp³-hybridized carbons (Fsp3) is 0.222. The molecule has 1 aliphatic heterocycles. The predicted octanol–water partition coefficient (Wildman–Crippen LogP) is 2.19. The molecule has 1 aliphatic rings. The molecule has 0 N–H and O–H groups in total. The fourth-order valence-electron chi connectivity index (χ4n) is 1.33. The molecule has 0 saturated carbocycles. The first-order valence-corrected chi connectivity index (χ1v) is 4.54. The molecule has 0 aromatic heterocycles. The van der Waals surface area contributed by atoms with E-state index in [9.17, 15) is 0 Å². The maximum atomic E-state index is 8.52. The molecule has 0 unspecified atom stereocenters. The summed E-state index contributed by atoms with van der Waals surface area (Å²) in [6.45, 7) is 0.748. The van der Waals surface area contributed by atoms with Gasteiger partial charge < -0.3 is 4.74 Å². The summed E-state index contributed by atoms with van der Waals surface area (Å²) in [7, 11) is 0. The number of nitriles is 1. The van der Waals surface area contributed by atoms with Gasteiger partial charge in [0.05, 0.1) is 6.61 Å². The molecule has 2 nitrogen and oxygen atoms in total. The van der Waals surface area contributed by atoms with Crippen molar-refractivity contribution in [3.05, 3.63) is 23.8 Å². The zero-order valence-electron chi connectivity index (χ0n) is 6.41. The molecule has 0 aliphatic carbocycles. The van der Waals surface area contributed by atoms with Crippen molar-refractivity contribution in [1.82, 2.24) is 0 Å². The summed E-state index contributed by atoms with van der Waals surface area (Å²) in [6, 6.07) is 5.83. The van der Waals surface area contributed by atoms with Gasteiger partial charge >= 0.3 is 0 Å². The highest BCUT2D eigenvalue weighted by Crippen LogP contribution is 2.33. The first kappa shape index (κ1) is 7.51. The number of ether oxygens (including phenoxy) is 1. The number of benzene rings is 1. The topological polar surface area (TPSA) is 33.0 Å². The lowest BCUT2D eigenvalue weighted by Crippen LogP contribution is -1.86. The average molecular weight is 177 g/mol. The van der Waals surface area contributed by atoms with Crippen LogP contribution >= 0.6 is 11.8 Å². The minimum atomic E-state index is 0.748. The summed E-state index contributed by atoms with van der Waals surface area (Å²) in [4.78, 5) is 1.03. The van der Waals surface area contributed by atoms with Crippen LogP contribution in [-0.4, -0.2) is 6.61 Å². The number of fused-ring (bicyclic) bond motifs is 1. The lowest BCUT2D eigenvalue weighted by atomic mass is 10.2. The van der Waals surface area contributed by atoms with E-state index in [4.69, 9.17) is 10.00 Å². The van der Waals surface area contributed by atoms with Crippen LogP contribution in [0.4, 0.5) is 0 Å². The van der Waals surface area contributed by atoms with Crippen molar-refractivity contribution in [3.63, 3.8) is 0 Å². The van der Waals surface area contributed by atoms with Crippen LogP contribution in [0, 0.1) is 10.7 Å². The van der Waals surface area contributed by atoms with Crippen molar-refractivity contribution in [2.75, 3.05) is 6.61 Å². The van der Waals surface area contributed by atoms with Gasteiger partial charge in [-0.15, -0.1) is 0 Å². The molecular weight excluding hydrogens is 170 g/mol. The lowest BCUT2D eigenvalue weighted by molar-refractivity contribution is 0.357. The van der Waals surface area contributed by atoms with E-state index in [2.05, 4.69) is 5.40 Å². The van der Waals surface area contributed by atoms with Crippen molar-refractivity contribution in [1.29, 1.82) is 5.26 Å². The largest absolute Gasteiger partial charge is 0.493 e. The quantitative estimate of drug-likeness (QED) is 0.487. The minimum absolute atomic E-state index is 0.748. The van der Waals surface area contributed by atoms with E-state index in [1.54, 1.807) is 0 Å². The molecule has 0 spiro atoms. The summed E-state index contributed by atoms with van der Waals surface area (Å²) in [5, 5.41) is 10.6. The van der Waals surface area contributed by atoms with Gasteiger partial charge in [0.25, 0.3) is 0 Å². The van der Waals surface area contributed by atoms with Gasteiger partial charge in [0.1, 0.15) is 11.2 Å². The molecule has 1 heterocycles. The molecule has 0 fully saturated rings. The van der Waals surface area contributed by atoms with Crippen LogP contribution in [0.2, 0.25) is 0 Å². The number of nitrogens with zero attached hydrogens (tertiary/aromatic N) is 1. The molecule has 1 aromatic rings. The van der Waals surface area contributed by atoms with Gasteiger partial charge in [-0.2, -0.15) is 5.26 Å². The Morgan fingerprint density at radius 2 is 2.42 bits per heavy atom. The summed E-state index contributed by atoms with van der Waals surface area (Å²) < 4.78 is 5.36. The highest BCUT2D eigenvalue weighted by molar-refractivity contribution is 8.03. The highest BCUT2D eigenvalue weighted by Gasteiger charge is 2.15. The second-order valence-corrected chi connectivity index (χ2v) is 3.35. The van der Waals surface area contributed by atoms with Gasteiger partial charge in [-0.05, 0) is 23.9 Å². The monoisotopic (exact) mass is 177 g/mol. The van der Waals surface area contributed by atoms with Crippen molar-refractivity contribution in [3.8, 4) is 11.2 Å². The van der Waals surface area contributed by atoms with Crippen molar-refractivity contribution in [2.45, 2.75) is 11.3 Å². The standard InChI is InChI=1S/C9H7NOS/c10-6-12-9-3-1-2-8-7(9)4-5-11-8/h1-3H,4-5H2. The summed E-state index contributed by atoms with van der Waals surface area (Å²) in [6.07, 6.45) is 0.931. The summed E-state index contributed by atoms with van der Waals surface area (Å²) in [5.41, 5.74) is 1.18. The maximum Gasteiger partial charge on any atom is 0.138 e. The van der Waals surface area contributed by atoms with E-state index in [1.807, 2.05) is 18.2 Å². The first-order chi connectivity index (χ1) is 5.92. The number of hydrogen-bond donors (Lipinski definition) is 0. The Bertz CT molecular complexity index is 343. The molecule has 1 aromatic carbocycles. The third-order valence-corrected chi connectivity index (χ3v) is 2.55. The number of rotatable bonds is 1. The van der Waals surface area contributed by atoms with Gasteiger partial charge in [-0.3, -0.25) is 0 Å². The second kappa shape index (κ2) is 3.08. The molecule has 3 heteroatoms. The van der Waals surface area contributed by atoms with Crippen LogP contribution in [0.15, 0.2) is 23.1 Å². The van der Waals surface area contributed by atoms with E-state index >= 15 is 0 Å². The molecule has 0 bridgehead atoms. The van der Waals surface area contributed by atoms with Crippen molar-refractivity contribution in [2.24, 2.45) is 0 Å². The van der Waals surface area contributed by atoms with E-state index in [1.165, 1.54) is 17.3 Å². The van der Waals surface area contributed by atoms with Crippen molar-refractivity contribution >= 4 is 11.8 Å². The normalized spacial score (nSPS) is 13.2. The minimum Gasteiger partial charge on any atom is -0.493 e. The smallest absolute Gasteiger partial charge is 0.138 e.